The van der Waals surface area contributed by atoms with Crippen molar-refractivity contribution in [1.82, 2.24) is 5.43 Å². The van der Waals surface area contributed by atoms with E-state index >= 15 is 0 Å². The second-order valence-electron chi connectivity index (χ2n) is 6.64. The number of carbonyl (C=O) groups excluding carboxylic acids is 2. The molecule has 1 aromatic heterocycles. The van der Waals surface area contributed by atoms with E-state index in [4.69, 9.17) is 9.15 Å². The molecule has 0 unspecified atom stereocenters. The number of esters is 1. The number of rotatable bonds is 6. The second-order valence-corrected chi connectivity index (χ2v) is 6.64. The summed E-state index contributed by atoms with van der Waals surface area (Å²) in [6.07, 6.45) is 1.67. The van der Waals surface area contributed by atoms with Crippen LogP contribution in [0.5, 0.6) is 0 Å². The third-order valence-electron chi connectivity index (χ3n) is 4.46. The zero-order valence-corrected chi connectivity index (χ0v) is 16.6. The summed E-state index contributed by atoms with van der Waals surface area (Å²) in [6.45, 7) is 3.97. The highest BCUT2D eigenvalue weighted by Crippen LogP contribution is 2.26. The summed E-state index contributed by atoms with van der Waals surface area (Å²) < 4.78 is 10.5. The van der Waals surface area contributed by atoms with Gasteiger partial charge in [0.05, 0.1) is 25.3 Å². The second kappa shape index (κ2) is 9.01. The van der Waals surface area contributed by atoms with Crippen molar-refractivity contribution in [2.24, 2.45) is 5.10 Å². The minimum atomic E-state index is -0.439. The number of amides is 1. The van der Waals surface area contributed by atoms with E-state index in [1.54, 1.807) is 30.3 Å². The van der Waals surface area contributed by atoms with Crippen molar-refractivity contribution in [2.45, 2.75) is 20.3 Å². The average molecular weight is 390 g/mol. The molecule has 1 amide bonds. The first-order valence-electron chi connectivity index (χ1n) is 9.13. The van der Waals surface area contributed by atoms with E-state index in [0.717, 1.165) is 16.7 Å². The molecule has 1 heterocycles. The molecule has 0 aliphatic rings. The molecule has 6 nitrogen and oxygen atoms in total. The summed E-state index contributed by atoms with van der Waals surface area (Å²) in [5, 5.41) is 3.96. The van der Waals surface area contributed by atoms with Crippen LogP contribution in [0.1, 0.15) is 32.8 Å². The highest BCUT2D eigenvalue weighted by molar-refractivity contribution is 5.96. The van der Waals surface area contributed by atoms with E-state index in [9.17, 15) is 9.59 Å². The number of furan rings is 1. The largest absolute Gasteiger partial charge is 0.465 e. The Balaban J connectivity index is 1.66. The Bertz CT molecular complexity index is 1070. The first-order valence-corrected chi connectivity index (χ1v) is 9.13. The van der Waals surface area contributed by atoms with Crippen molar-refractivity contribution in [3.05, 3.63) is 82.6 Å². The van der Waals surface area contributed by atoms with Gasteiger partial charge in [0.1, 0.15) is 11.5 Å². The van der Waals surface area contributed by atoms with Crippen LogP contribution in [-0.4, -0.2) is 25.2 Å². The van der Waals surface area contributed by atoms with Crippen molar-refractivity contribution >= 4 is 18.1 Å². The molecular weight excluding hydrogens is 368 g/mol. The van der Waals surface area contributed by atoms with Gasteiger partial charge in [-0.2, -0.15) is 5.10 Å². The van der Waals surface area contributed by atoms with Crippen LogP contribution < -0.4 is 5.43 Å². The van der Waals surface area contributed by atoms with Crippen LogP contribution in [-0.2, 0) is 16.0 Å². The number of ether oxygens (including phenoxy) is 1. The van der Waals surface area contributed by atoms with Crippen molar-refractivity contribution in [2.75, 3.05) is 7.11 Å². The SMILES string of the molecule is COC(=O)c1ccccc1-c1ccc(/C=N\NC(=O)Cc2cc(C)ccc2C)o1. The third-order valence-corrected chi connectivity index (χ3v) is 4.46. The van der Waals surface area contributed by atoms with Gasteiger partial charge in [-0.1, -0.05) is 42.0 Å². The molecule has 0 spiro atoms. The molecular formula is C23H22N2O4. The Morgan fingerprint density at radius 2 is 1.90 bits per heavy atom. The van der Waals surface area contributed by atoms with Crippen LogP contribution in [0.4, 0.5) is 0 Å². The number of nitrogens with zero attached hydrogens (tertiary/aromatic N) is 1. The van der Waals surface area contributed by atoms with Crippen LogP contribution in [0.2, 0.25) is 0 Å². The van der Waals surface area contributed by atoms with E-state index in [1.165, 1.54) is 13.3 Å². The highest BCUT2D eigenvalue weighted by atomic mass is 16.5. The Hall–Kier alpha value is -3.67. The zero-order chi connectivity index (χ0) is 20.8. The van der Waals surface area contributed by atoms with Gasteiger partial charge in [0.2, 0.25) is 5.91 Å². The summed E-state index contributed by atoms with van der Waals surface area (Å²) in [4.78, 5) is 24.1. The lowest BCUT2D eigenvalue weighted by molar-refractivity contribution is -0.120. The van der Waals surface area contributed by atoms with E-state index < -0.39 is 5.97 Å². The number of benzene rings is 2. The highest BCUT2D eigenvalue weighted by Gasteiger charge is 2.15. The first-order chi connectivity index (χ1) is 14.0. The predicted octanol–water partition coefficient (Wildman–Crippen LogP) is 4.04. The van der Waals surface area contributed by atoms with Crippen LogP contribution in [0.15, 0.2) is 64.1 Å². The topological polar surface area (TPSA) is 80.9 Å². The number of hydrogen-bond acceptors (Lipinski definition) is 5. The monoisotopic (exact) mass is 390 g/mol. The molecule has 0 saturated carbocycles. The first kappa shape index (κ1) is 20.1. The van der Waals surface area contributed by atoms with Gasteiger partial charge in [-0.3, -0.25) is 4.79 Å². The van der Waals surface area contributed by atoms with Gasteiger partial charge in [-0.25, -0.2) is 10.2 Å². The average Bonchev–Trinajstić information content (AvgIpc) is 3.19. The Kier molecular flexibility index (Phi) is 6.24. The summed E-state index contributed by atoms with van der Waals surface area (Å²) in [5.74, 6) is 0.310. The summed E-state index contributed by atoms with van der Waals surface area (Å²) >= 11 is 0. The molecule has 0 aliphatic carbocycles. The van der Waals surface area contributed by atoms with Crippen molar-refractivity contribution in [3.63, 3.8) is 0 Å². The van der Waals surface area contributed by atoms with E-state index in [-0.39, 0.29) is 12.3 Å². The fourth-order valence-corrected chi connectivity index (χ4v) is 2.92. The van der Waals surface area contributed by atoms with Crippen molar-refractivity contribution < 1.29 is 18.7 Å². The van der Waals surface area contributed by atoms with Gasteiger partial charge < -0.3 is 9.15 Å². The fraction of sp³-hybridized carbons (Fsp3) is 0.174. The van der Waals surface area contributed by atoms with Crippen LogP contribution in [0.25, 0.3) is 11.3 Å². The van der Waals surface area contributed by atoms with Gasteiger partial charge >= 0.3 is 5.97 Å². The molecule has 0 aliphatic heterocycles. The maximum Gasteiger partial charge on any atom is 0.338 e. The number of methoxy groups -OCH3 is 1. The number of nitrogens with one attached hydrogen (secondary N) is 1. The maximum atomic E-state index is 12.1. The molecule has 6 heteroatoms. The summed E-state index contributed by atoms with van der Waals surface area (Å²) in [6, 6.07) is 16.5. The number of aryl methyl sites for hydroxylation is 2. The Morgan fingerprint density at radius 1 is 1.10 bits per heavy atom. The number of carbonyl (C=O) groups is 2. The minimum absolute atomic E-state index is 0.210. The van der Waals surface area contributed by atoms with Crippen LogP contribution >= 0.6 is 0 Å². The lowest BCUT2D eigenvalue weighted by atomic mass is 10.0. The molecule has 0 atom stereocenters. The number of hydrogen-bond donors (Lipinski definition) is 1. The fourth-order valence-electron chi connectivity index (χ4n) is 2.92. The Labute approximate surface area is 169 Å². The van der Waals surface area contributed by atoms with Gasteiger partial charge in [-0.05, 0) is 43.2 Å². The summed E-state index contributed by atoms with van der Waals surface area (Å²) in [7, 11) is 1.33. The van der Waals surface area contributed by atoms with Gasteiger partial charge in [0.15, 0.2) is 0 Å². The molecule has 0 saturated heterocycles. The van der Waals surface area contributed by atoms with Gasteiger partial charge in [0, 0.05) is 5.56 Å². The number of hydrazone groups is 1. The molecule has 3 aromatic rings. The van der Waals surface area contributed by atoms with Crippen molar-refractivity contribution in [1.29, 1.82) is 0 Å². The molecule has 29 heavy (non-hydrogen) atoms. The molecule has 0 radical (unpaired) electrons. The minimum Gasteiger partial charge on any atom is -0.465 e. The molecule has 3 rings (SSSR count). The van der Waals surface area contributed by atoms with E-state index in [1.807, 2.05) is 38.1 Å². The quantitative estimate of drug-likeness (QED) is 0.391. The lowest BCUT2D eigenvalue weighted by Gasteiger charge is -2.06. The predicted molar refractivity (Wildman–Crippen MR) is 111 cm³/mol. The van der Waals surface area contributed by atoms with E-state index in [2.05, 4.69) is 10.5 Å². The van der Waals surface area contributed by atoms with Crippen molar-refractivity contribution in [3.8, 4) is 11.3 Å². The third kappa shape index (κ3) is 4.99. The van der Waals surface area contributed by atoms with E-state index in [0.29, 0.717) is 22.6 Å². The summed E-state index contributed by atoms with van der Waals surface area (Å²) in [5.41, 5.74) is 6.69. The lowest BCUT2D eigenvalue weighted by Crippen LogP contribution is -2.20. The Morgan fingerprint density at radius 3 is 2.69 bits per heavy atom. The molecule has 2 aromatic carbocycles. The molecule has 0 fully saturated rings. The van der Waals surface area contributed by atoms with Gasteiger partial charge in [0.25, 0.3) is 0 Å². The van der Waals surface area contributed by atoms with Crippen LogP contribution in [0, 0.1) is 13.8 Å². The standard InChI is InChI=1S/C23H22N2O4/c1-15-8-9-16(2)17(12-15)13-22(26)25-24-14-18-10-11-21(29-18)19-6-4-5-7-20(19)23(27)28-3/h4-12,14H,13H2,1-3H3,(H,25,26)/b24-14-. The molecule has 148 valence electrons. The molecule has 1 N–H and O–H groups in total. The zero-order valence-electron chi connectivity index (χ0n) is 16.6. The van der Waals surface area contributed by atoms with Crippen LogP contribution in [0.3, 0.4) is 0 Å². The molecule has 0 bridgehead atoms. The van der Waals surface area contributed by atoms with Gasteiger partial charge in [-0.15, -0.1) is 0 Å². The normalized spacial score (nSPS) is 10.9. The smallest absolute Gasteiger partial charge is 0.338 e. The maximum absolute atomic E-state index is 12.1.